The van der Waals surface area contributed by atoms with Gasteiger partial charge in [0, 0.05) is 15.1 Å². The largest absolute Gasteiger partial charge is 0.366 e. The van der Waals surface area contributed by atoms with E-state index in [1.165, 1.54) is 0 Å². The summed E-state index contributed by atoms with van der Waals surface area (Å²) in [6.07, 6.45) is 1.57. The van der Waals surface area contributed by atoms with Crippen LogP contribution < -0.4 is 5.32 Å². The van der Waals surface area contributed by atoms with Gasteiger partial charge in [0.2, 0.25) is 0 Å². The van der Waals surface area contributed by atoms with E-state index in [0.29, 0.717) is 31.3 Å². The van der Waals surface area contributed by atoms with Crippen LogP contribution in [0, 0.1) is 0 Å². The first-order valence-corrected chi connectivity index (χ1v) is 9.57. The lowest BCUT2D eigenvalue weighted by Crippen LogP contribution is -2.33. The highest BCUT2D eigenvalue weighted by atomic mass is 35.5. The van der Waals surface area contributed by atoms with Crippen LogP contribution in [0.15, 0.2) is 41.3 Å². The lowest BCUT2D eigenvalue weighted by molar-refractivity contribution is -0.122. The van der Waals surface area contributed by atoms with Crippen molar-refractivity contribution in [2.75, 3.05) is 12.0 Å². The molecule has 0 radical (unpaired) electrons. The molecular formula is C17H10Cl4N2O2S. The van der Waals surface area contributed by atoms with Gasteiger partial charge in [0.05, 0.1) is 22.3 Å². The van der Waals surface area contributed by atoms with E-state index in [1.807, 2.05) is 0 Å². The van der Waals surface area contributed by atoms with Crippen LogP contribution in [-0.2, 0) is 4.79 Å². The van der Waals surface area contributed by atoms with E-state index in [9.17, 15) is 9.59 Å². The summed E-state index contributed by atoms with van der Waals surface area (Å²) in [7, 11) is 0. The molecule has 1 aliphatic heterocycles. The lowest BCUT2D eigenvalue weighted by Gasteiger charge is -2.15. The number of hydrogen-bond donors (Lipinski definition) is 1. The van der Waals surface area contributed by atoms with Gasteiger partial charge in [-0.2, -0.15) is 0 Å². The fraction of sp³-hybridized carbons (Fsp3) is 0.0588. The maximum absolute atomic E-state index is 12.5. The van der Waals surface area contributed by atoms with Crippen LogP contribution in [0.1, 0.15) is 5.56 Å². The van der Waals surface area contributed by atoms with E-state index >= 15 is 0 Å². The zero-order chi connectivity index (χ0) is 18.8. The molecule has 1 heterocycles. The molecule has 1 saturated heterocycles. The van der Waals surface area contributed by atoms with Gasteiger partial charge in [-0.1, -0.05) is 52.5 Å². The minimum Gasteiger partial charge on any atom is -0.366 e. The number of hydrogen-bond acceptors (Lipinski definition) is 4. The molecule has 2 amide bonds. The second-order valence-corrected chi connectivity index (χ2v) is 7.92. The van der Waals surface area contributed by atoms with Crippen LogP contribution in [0.3, 0.4) is 0 Å². The van der Waals surface area contributed by atoms with Gasteiger partial charge >= 0.3 is 0 Å². The van der Waals surface area contributed by atoms with Gasteiger partial charge in [-0.05, 0) is 53.7 Å². The van der Waals surface area contributed by atoms with Gasteiger partial charge in [0.25, 0.3) is 11.1 Å². The van der Waals surface area contributed by atoms with Gasteiger partial charge in [-0.15, -0.1) is 0 Å². The van der Waals surface area contributed by atoms with E-state index in [-0.39, 0.29) is 11.6 Å². The van der Waals surface area contributed by atoms with E-state index < -0.39 is 11.1 Å². The normalized spacial score (nSPS) is 15.8. The Morgan fingerprint density at radius 3 is 2.38 bits per heavy atom. The molecule has 9 heteroatoms. The number of amides is 2. The van der Waals surface area contributed by atoms with E-state index in [2.05, 4.69) is 5.32 Å². The summed E-state index contributed by atoms with van der Waals surface area (Å²) >= 11 is 24.8. The summed E-state index contributed by atoms with van der Waals surface area (Å²) in [5.74, 6) is -0.420. The Morgan fingerprint density at radius 2 is 1.65 bits per heavy atom. The molecule has 134 valence electrons. The summed E-state index contributed by atoms with van der Waals surface area (Å²) in [6.45, 7) is -0.0313. The van der Waals surface area contributed by atoms with E-state index in [0.717, 1.165) is 16.7 Å². The van der Waals surface area contributed by atoms with Crippen molar-refractivity contribution in [3.63, 3.8) is 0 Å². The van der Waals surface area contributed by atoms with Gasteiger partial charge in [0.15, 0.2) is 0 Å². The quantitative estimate of drug-likeness (QED) is 0.550. The Balaban J connectivity index is 1.76. The third-order valence-corrected chi connectivity index (χ3v) is 5.51. The first kappa shape index (κ1) is 19.4. The molecule has 0 aromatic heterocycles. The highest BCUT2D eigenvalue weighted by molar-refractivity contribution is 8.18. The van der Waals surface area contributed by atoms with Gasteiger partial charge in [-0.25, -0.2) is 0 Å². The first-order chi connectivity index (χ1) is 12.3. The Kier molecular flexibility index (Phi) is 6.05. The summed E-state index contributed by atoms with van der Waals surface area (Å²) in [5, 5.41) is 4.36. The van der Waals surface area contributed by atoms with Crippen molar-refractivity contribution in [2.45, 2.75) is 0 Å². The number of thioether (sulfide) groups is 1. The first-order valence-electron chi connectivity index (χ1n) is 7.24. The minimum atomic E-state index is -0.420. The number of halogens is 4. The number of anilines is 1. The summed E-state index contributed by atoms with van der Waals surface area (Å²) < 4.78 is 0. The Bertz CT molecular complexity index is 933. The Hall–Kier alpha value is -1.37. The third kappa shape index (κ3) is 4.30. The molecule has 1 aliphatic rings. The predicted molar refractivity (Wildman–Crippen MR) is 109 cm³/mol. The van der Waals surface area contributed by atoms with Crippen LogP contribution in [0.25, 0.3) is 6.08 Å². The van der Waals surface area contributed by atoms with Gasteiger partial charge < -0.3 is 5.32 Å². The standard InChI is InChI=1S/C17H10Cl4N2O2S/c18-10-2-1-9(13(21)6-10)5-15-16(24)23(17(25)26-15)8-22-14-7-11(19)3-4-12(14)20/h1-7,22H,8H2/b15-5-. The van der Waals surface area contributed by atoms with Crippen molar-refractivity contribution in [3.8, 4) is 0 Å². The monoisotopic (exact) mass is 446 g/mol. The number of nitrogens with one attached hydrogen (secondary N) is 1. The van der Waals surface area contributed by atoms with Crippen LogP contribution in [0.5, 0.6) is 0 Å². The average molecular weight is 448 g/mol. The second kappa shape index (κ2) is 8.11. The maximum Gasteiger partial charge on any atom is 0.295 e. The zero-order valence-corrected chi connectivity index (χ0v) is 16.8. The molecule has 4 nitrogen and oxygen atoms in total. The molecule has 0 spiro atoms. The number of rotatable bonds is 4. The Morgan fingerprint density at radius 1 is 0.962 bits per heavy atom. The molecular weight excluding hydrogens is 438 g/mol. The Labute approximate surface area is 174 Å². The SMILES string of the molecule is O=C1S/C(=C\c2ccc(Cl)cc2Cl)C(=O)N1CNc1cc(Cl)ccc1Cl. The van der Waals surface area contributed by atoms with Crippen molar-refractivity contribution < 1.29 is 9.59 Å². The topological polar surface area (TPSA) is 49.4 Å². The van der Waals surface area contributed by atoms with Crippen LogP contribution in [0.2, 0.25) is 20.1 Å². The van der Waals surface area contributed by atoms with Crippen LogP contribution in [0.4, 0.5) is 10.5 Å². The molecule has 0 aliphatic carbocycles. The maximum atomic E-state index is 12.5. The number of imide groups is 1. The smallest absolute Gasteiger partial charge is 0.295 e. The van der Waals surface area contributed by atoms with Crippen LogP contribution >= 0.6 is 58.2 Å². The third-order valence-electron chi connectivity index (χ3n) is 3.48. The molecule has 0 bridgehead atoms. The molecule has 0 saturated carbocycles. The van der Waals surface area contributed by atoms with Crippen molar-refractivity contribution >= 4 is 81.1 Å². The molecule has 1 fully saturated rings. The molecule has 2 aromatic carbocycles. The fourth-order valence-corrected chi connectivity index (χ4v) is 3.84. The number of carbonyl (C=O) groups excluding carboxylic acids is 2. The number of benzene rings is 2. The minimum absolute atomic E-state index is 0.0313. The predicted octanol–water partition coefficient (Wildman–Crippen LogP) is 6.41. The number of nitrogens with zero attached hydrogens (tertiary/aromatic N) is 1. The van der Waals surface area contributed by atoms with Crippen molar-refractivity contribution in [1.29, 1.82) is 0 Å². The lowest BCUT2D eigenvalue weighted by atomic mass is 10.2. The van der Waals surface area contributed by atoms with Crippen molar-refractivity contribution in [2.24, 2.45) is 0 Å². The second-order valence-electron chi connectivity index (χ2n) is 5.23. The molecule has 26 heavy (non-hydrogen) atoms. The molecule has 0 atom stereocenters. The highest BCUT2D eigenvalue weighted by Gasteiger charge is 2.35. The van der Waals surface area contributed by atoms with Gasteiger partial charge in [0.1, 0.15) is 0 Å². The summed E-state index contributed by atoms with van der Waals surface area (Å²) in [5.41, 5.74) is 1.13. The van der Waals surface area contributed by atoms with E-state index in [4.69, 9.17) is 46.4 Å². The molecule has 0 unspecified atom stereocenters. The number of carbonyl (C=O) groups is 2. The molecule has 3 rings (SSSR count). The zero-order valence-electron chi connectivity index (χ0n) is 12.9. The molecule has 2 aromatic rings. The summed E-state index contributed by atoms with van der Waals surface area (Å²) in [6, 6.07) is 9.80. The highest BCUT2D eigenvalue weighted by Crippen LogP contribution is 2.34. The molecule has 1 N–H and O–H groups in total. The van der Waals surface area contributed by atoms with Crippen molar-refractivity contribution in [1.82, 2.24) is 4.90 Å². The summed E-state index contributed by atoms with van der Waals surface area (Å²) in [4.78, 5) is 26.0. The van der Waals surface area contributed by atoms with Crippen molar-refractivity contribution in [3.05, 3.63) is 67.0 Å². The van der Waals surface area contributed by atoms with Crippen LogP contribution in [-0.4, -0.2) is 22.7 Å². The fourth-order valence-electron chi connectivity index (χ4n) is 2.19. The van der Waals surface area contributed by atoms with E-state index in [1.54, 1.807) is 42.5 Å². The van der Waals surface area contributed by atoms with Gasteiger partial charge in [-0.3, -0.25) is 14.5 Å². The average Bonchev–Trinajstić information content (AvgIpc) is 2.85.